The fraction of sp³-hybridized carbons (Fsp3) is 0.348. The maximum absolute atomic E-state index is 12.3. The number of ether oxygens (including phenoxy) is 2. The molecule has 1 aliphatic rings. The highest BCUT2D eigenvalue weighted by atomic mass is 16.6. The van der Waals surface area contributed by atoms with E-state index >= 15 is 0 Å². The molecule has 0 saturated carbocycles. The van der Waals surface area contributed by atoms with Gasteiger partial charge in [0.15, 0.2) is 0 Å². The Morgan fingerprint density at radius 1 is 0.931 bits per heavy atom. The third-order valence-electron chi connectivity index (χ3n) is 4.60. The van der Waals surface area contributed by atoms with E-state index in [4.69, 9.17) is 9.47 Å². The quantitative estimate of drug-likeness (QED) is 0.600. The number of β-lactam (4-membered cyclic amide) rings is 1. The van der Waals surface area contributed by atoms with Crippen LogP contribution in [0.5, 0.6) is 0 Å². The van der Waals surface area contributed by atoms with Gasteiger partial charge < -0.3 is 14.8 Å². The zero-order valence-corrected chi connectivity index (χ0v) is 16.8. The lowest BCUT2D eigenvalue weighted by Crippen LogP contribution is -2.61. The molecule has 6 heteroatoms. The molecule has 1 amide bonds. The third-order valence-corrected chi connectivity index (χ3v) is 4.60. The Morgan fingerprint density at radius 2 is 1.52 bits per heavy atom. The standard InChI is InChI=1S/C23H25NO5/c1-23(2,3)29-22(27)17-11-9-16(10-12-17)21(26)28-14-19-18(20(25)24-19)13-15-7-5-4-6-8-15/h4-12,18-19H,13-14H2,1-3H3,(H,24,25)/t18-,19+/m0/s1. The number of hydrogen-bond acceptors (Lipinski definition) is 5. The van der Waals surface area contributed by atoms with Gasteiger partial charge in [-0.25, -0.2) is 9.59 Å². The summed E-state index contributed by atoms with van der Waals surface area (Å²) in [6.07, 6.45) is 0.611. The summed E-state index contributed by atoms with van der Waals surface area (Å²) >= 11 is 0. The van der Waals surface area contributed by atoms with Crippen molar-refractivity contribution in [2.24, 2.45) is 5.92 Å². The lowest BCUT2D eigenvalue weighted by Gasteiger charge is -2.36. The topological polar surface area (TPSA) is 81.7 Å². The van der Waals surface area contributed by atoms with Gasteiger partial charge in [-0.1, -0.05) is 30.3 Å². The summed E-state index contributed by atoms with van der Waals surface area (Å²) in [5.41, 5.74) is 1.19. The van der Waals surface area contributed by atoms with E-state index in [1.165, 1.54) is 24.3 Å². The molecule has 0 unspecified atom stereocenters. The average molecular weight is 395 g/mol. The molecule has 3 rings (SSSR count). The highest BCUT2D eigenvalue weighted by Crippen LogP contribution is 2.21. The van der Waals surface area contributed by atoms with Crippen LogP contribution >= 0.6 is 0 Å². The first-order valence-electron chi connectivity index (χ1n) is 9.58. The molecule has 0 bridgehead atoms. The number of esters is 2. The van der Waals surface area contributed by atoms with E-state index in [0.29, 0.717) is 17.5 Å². The molecule has 1 saturated heterocycles. The Hall–Kier alpha value is -3.15. The van der Waals surface area contributed by atoms with Crippen molar-refractivity contribution in [3.8, 4) is 0 Å². The summed E-state index contributed by atoms with van der Waals surface area (Å²) in [6.45, 7) is 5.48. The minimum atomic E-state index is -0.585. The van der Waals surface area contributed by atoms with Crippen LogP contribution in [0.4, 0.5) is 0 Å². The Kier molecular flexibility index (Phi) is 6.01. The summed E-state index contributed by atoms with van der Waals surface area (Å²) in [4.78, 5) is 36.2. The fourth-order valence-electron chi connectivity index (χ4n) is 3.07. The second-order valence-electron chi connectivity index (χ2n) is 8.09. The van der Waals surface area contributed by atoms with Crippen LogP contribution in [0.3, 0.4) is 0 Å². The molecular weight excluding hydrogens is 370 g/mol. The van der Waals surface area contributed by atoms with Crippen LogP contribution in [0.25, 0.3) is 0 Å². The van der Waals surface area contributed by atoms with E-state index < -0.39 is 17.5 Å². The third kappa shape index (κ3) is 5.44. The van der Waals surface area contributed by atoms with Crippen molar-refractivity contribution < 1.29 is 23.9 Å². The maximum Gasteiger partial charge on any atom is 0.338 e. The molecule has 0 aliphatic carbocycles. The lowest BCUT2D eigenvalue weighted by atomic mass is 9.85. The van der Waals surface area contributed by atoms with E-state index in [9.17, 15) is 14.4 Å². The number of carbonyl (C=O) groups excluding carboxylic acids is 3. The van der Waals surface area contributed by atoms with E-state index in [2.05, 4.69) is 5.32 Å². The summed E-state index contributed by atoms with van der Waals surface area (Å²) in [7, 11) is 0. The molecule has 1 N–H and O–H groups in total. The predicted molar refractivity (Wildman–Crippen MR) is 107 cm³/mol. The van der Waals surface area contributed by atoms with Crippen molar-refractivity contribution in [2.45, 2.75) is 38.8 Å². The van der Waals surface area contributed by atoms with Gasteiger partial charge in [-0.05, 0) is 57.0 Å². The highest BCUT2D eigenvalue weighted by molar-refractivity contribution is 5.93. The molecule has 2 aromatic carbocycles. The molecule has 1 heterocycles. The van der Waals surface area contributed by atoms with Gasteiger partial charge in [0.2, 0.25) is 5.91 Å². The van der Waals surface area contributed by atoms with Crippen LogP contribution in [0.15, 0.2) is 54.6 Å². The normalized spacial score (nSPS) is 18.4. The van der Waals surface area contributed by atoms with E-state index in [0.717, 1.165) is 5.56 Å². The molecule has 0 spiro atoms. The molecule has 152 valence electrons. The second kappa shape index (κ2) is 8.47. The minimum Gasteiger partial charge on any atom is -0.460 e. The SMILES string of the molecule is CC(C)(C)OC(=O)c1ccc(C(=O)OC[C@H]2NC(=O)[C@H]2Cc2ccccc2)cc1. The van der Waals surface area contributed by atoms with Gasteiger partial charge in [-0.2, -0.15) is 0 Å². The number of carbonyl (C=O) groups is 3. The van der Waals surface area contributed by atoms with Crippen molar-refractivity contribution in [3.63, 3.8) is 0 Å². The Balaban J connectivity index is 1.52. The number of benzene rings is 2. The van der Waals surface area contributed by atoms with Gasteiger partial charge in [0.1, 0.15) is 12.2 Å². The molecule has 2 atom stereocenters. The Bertz CT molecular complexity index is 884. The molecule has 6 nitrogen and oxygen atoms in total. The molecule has 1 fully saturated rings. The van der Waals surface area contributed by atoms with Gasteiger partial charge in [-0.3, -0.25) is 4.79 Å². The first-order valence-corrected chi connectivity index (χ1v) is 9.58. The summed E-state index contributed by atoms with van der Waals surface area (Å²) < 4.78 is 10.7. The van der Waals surface area contributed by atoms with Gasteiger partial charge in [0.25, 0.3) is 0 Å². The van der Waals surface area contributed by atoms with E-state index in [1.54, 1.807) is 20.8 Å². The largest absolute Gasteiger partial charge is 0.460 e. The number of hydrogen-bond donors (Lipinski definition) is 1. The number of amides is 1. The monoisotopic (exact) mass is 395 g/mol. The van der Waals surface area contributed by atoms with Crippen LogP contribution in [-0.2, 0) is 20.7 Å². The maximum atomic E-state index is 12.3. The molecule has 0 aromatic heterocycles. The summed E-state index contributed by atoms with van der Waals surface area (Å²) in [6, 6.07) is 15.7. The van der Waals surface area contributed by atoms with Crippen molar-refractivity contribution in [1.82, 2.24) is 5.32 Å². The van der Waals surface area contributed by atoms with Crippen molar-refractivity contribution in [1.29, 1.82) is 0 Å². The van der Waals surface area contributed by atoms with Gasteiger partial charge in [-0.15, -0.1) is 0 Å². The van der Waals surface area contributed by atoms with Crippen LogP contribution in [-0.4, -0.2) is 36.1 Å². The van der Waals surface area contributed by atoms with Crippen LogP contribution in [0.1, 0.15) is 47.1 Å². The van der Waals surface area contributed by atoms with Crippen LogP contribution < -0.4 is 5.32 Å². The first-order chi connectivity index (χ1) is 13.7. The van der Waals surface area contributed by atoms with E-state index in [1.807, 2.05) is 30.3 Å². The zero-order chi connectivity index (χ0) is 21.0. The van der Waals surface area contributed by atoms with Gasteiger partial charge in [0.05, 0.1) is 23.1 Å². The van der Waals surface area contributed by atoms with Crippen molar-refractivity contribution in [2.75, 3.05) is 6.61 Å². The average Bonchev–Trinajstić information content (AvgIpc) is 2.68. The van der Waals surface area contributed by atoms with Crippen LogP contribution in [0, 0.1) is 5.92 Å². The molecule has 1 aliphatic heterocycles. The first kappa shape index (κ1) is 20.6. The molecule has 2 aromatic rings. The molecule has 0 radical (unpaired) electrons. The van der Waals surface area contributed by atoms with E-state index in [-0.39, 0.29) is 24.5 Å². The Morgan fingerprint density at radius 3 is 2.07 bits per heavy atom. The minimum absolute atomic E-state index is 0.0309. The van der Waals surface area contributed by atoms with Gasteiger partial charge in [0, 0.05) is 0 Å². The summed E-state index contributed by atoms with van der Waals surface area (Å²) in [5.74, 6) is -1.19. The van der Waals surface area contributed by atoms with Crippen molar-refractivity contribution >= 4 is 17.8 Å². The second-order valence-corrected chi connectivity index (χ2v) is 8.09. The fourth-order valence-corrected chi connectivity index (χ4v) is 3.07. The Labute approximate surface area is 170 Å². The molecular formula is C23H25NO5. The number of rotatable bonds is 6. The lowest BCUT2D eigenvalue weighted by molar-refractivity contribution is -0.136. The smallest absolute Gasteiger partial charge is 0.338 e. The van der Waals surface area contributed by atoms with Crippen molar-refractivity contribution in [3.05, 3.63) is 71.3 Å². The van der Waals surface area contributed by atoms with Gasteiger partial charge >= 0.3 is 11.9 Å². The summed E-state index contributed by atoms with van der Waals surface area (Å²) in [5, 5.41) is 2.79. The number of nitrogens with one attached hydrogen (secondary N) is 1. The zero-order valence-electron chi connectivity index (χ0n) is 16.8. The predicted octanol–water partition coefficient (Wildman–Crippen LogP) is 3.16. The molecule has 29 heavy (non-hydrogen) atoms. The van der Waals surface area contributed by atoms with Crippen LogP contribution in [0.2, 0.25) is 0 Å². The highest BCUT2D eigenvalue weighted by Gasteiger charge is 2.39.